The van der Waals surface area contributed by atoms with Gasteiger partial charge in [0.15, 0.2) is 17.8 Å². The third-order valence-corrected chi connectivity index (χ3v) is 2.80. The first-order chi connectivity index (χ1) is 10.6. The predicted octanol–water partition coefficient (Wildman–Crippen LogP) is 2.18. The van der Waals surface area contributed by atoms with Crippen LogP contribution in [0, 0.1) is 0 Å². The highest BCUT2D eigenvalue weighted by Gasteiger charge is 2.24. The van der Waals surface area contributed by atoms with E-state index < -0.39 is 11.9 Å². The molecule has 0 atom stereocenters. The number of nitrogens with zero attached hydrogens (tertiary/aromatic N) is 2. The molecule has 2 rings (SSSR count). The Labute approximate surface area is 126 Å². The molecule has 0 aliphatic rings. The Kier molecular flexibility index (Phi) is 4.92. The fraction of sp³-hybridized carbons (Fsp3) is 0.429. The van der Waals surface area contributed by atoms with Gasteiger partial charge >= 0.3 is 18.0 Å². The van der Waals surface area contributed by atoms with Crippen LogP contribution in [0.1, 0.15) is 53.3 Å². The first kappa shape index (κ1) is 15.7. The number of hydrogen-bond donors (Lipinski definition) is 0. The Morgan fingerprint density at radius 3 is 2.45 bits per heavy atom. The van der Waals surface area contributed by atoms with Crippen LogP contribution in [0.25, 0.3) is 0 Å². The number of carbonyl (C=O) groups is 2. The number of carbonyl (C=O) groups excluding carboxylic acids is 2. The van der Waals surface area contributed by atoms with Crippen molar-refractivity contribution < 1.29 is 27.9 Å². The number of ether oxygens (including phenoxy) is 2. The van der Waals surface area contributed by atoms with Crippen molar-refractivity contribution >= 4 is 11.9 Å². The Balaban J connectivity index is 2.20. The molecule has 0 aliphatic carbocycles. The summed E-state index contributed by atoms with van der Waals surface area (Å²) in [6.07, 6.45) is 1.73. The van der Waals surface area contributed by atoms with Crippen LogP contribution < -0.4 is 4.74 Å². The molecule has 8 nitrogen and oxygen atoms in total. The lowest BCUT2D eigenvalue weighted by atomic mass is 10.3. The number of esters is 2. The highest BCUT2D eigenvalue weighted by molar-refractivity contribution is 5.90. The van der Waals surface area contributed by atoms with Crippen LogP contribution >= 0.6 is 0 Å². The van der Waals surface area contributed by atoms with Crippen molar-refractivity contribution in [3.8, 4) is 6.08 Å². The summed E-state index contributed by atoms with van der Waals surface area (Å²) in [7, 11) is 0. The lowest BCUT2D eigenvalue weighted by Gasteiger charge is -1.97. The van der Waals surface area contributed by atoms with E-state index in [0.717, 1.165) is 6.39 Å². The van der Waals surface area contributed by atoms with E-state index in [1.165, 1.54) is 0 Å². The fourth-order valence-electron chi connectivity index (χ4n) is 1.79. The van der Waals surface area contributed by atoms with Gasteiger partial charge in [-0.1, -0.05) is 13.8 Å². The molecule has 22 heavy (non-hydrogen) atoms. The highest BCUT2D eigenvalue weighted by atomic mass is 16.6. The highest BCUT2D eigenvalue weighted by Crippen LogP contribution is 2.20. The van der Waals surface area contributed by atoms with E-state index in [9.17, 15) is 9.59 Å². The van der Waals surface area contributed by atoms with Crippen LogP contribution in [0.15, 0.2) is 15.2 Å². The maximum atomic E-state index is 12.0. The van der Waals surface area contributed by atoms with Gasteiger partial charge in [0, 0.05) is 12.8 Å². The van der Waals surface area contributed by atoms with Crippen LogP contribution in [0.3, 0.4) is 0 Å². The van der Waals surface area contributed by atoms with Crippen molar-refractivity contribution in [2.45, 2.75) is 33.6 Å². The third-order valence-electron chi connectivity index (χ3n) is 2.80. The molecule has 0 saturated carbocycles. The van der Waals surface area contributed by atoms with E-state index in [0.29, 0.717) is 18.6 Å². The number of hydrogen-bond acceptors (Lipinski definition) is 8. The molecule has 0 spiro atoms. The number of aromatic nitrogens is 2. The number of oxazole rings is 2. The lowest BCUT2D eigenvalue weighted by molar-refractivity contribution is 0.0516. The minimum atomic E-state index is -0.759. The van der Waals surface area contributed by atoms with Crippen molar-refractivity contribution in [2.75, 3.05) is 6.61 Å². The predicted molar refractivity (Wildman–Crippen MR) is 72.7 cm³/mol. The lowest BCUT2D eigenvalue weighted by Crippen LogP contribution is -2.12. The van der Waals surface area contributed by atoms with Crippen molar-refractivity contribution in [3.05, 3.63) is 29.3 Å². The zero-order valence-corrected chi connectivity index (χ0v) is 12.5. The molecule has 0 aliphatic heterocycles. The van der Waals surface area contributed by atoms with Crippen LogP contribution in [0.2, 0.25) is 0 Å². The van der Waals surface area contributed by atoms with Gasteiger partial charge in [0.1, 0.15) is 11.5 Å². The largest absolute Gasteiger partial charge is 0.461 e. The molecule has 2 aromatic heterocycles. The average molecular weight is 308 g/mol. The molecule has 0 aromatic carbocycles. The molecule has 0 saturated heterocycles. The molecule has 0 N–H and O–H groups in total. The van der Waals surface area contributed by atoms with Gasteiger partial charge in [0.25, 0.3) is 0 Å². The molecule has 118 valence electrons. The Morgan fingerprint density at radius 2 is 1.82 bits per heavy atom. The van der Waals surface area contributed by atoms with Crippen LogP contribution in [0.5, 0.6) is 6.08 Å². The summed E-state index contributed by atoms with van der Waals surface area (Å²) in [5.41, 5.74) is 0.0550. The monoisotopic (exact) mass is 308 g/mol. The molecule has 8 heteroatoms. The van der Waals surface area contributed by atoms with Gasteiger partial charge in [-0.2, -0.15) is 4.98 Å². The zero-order chi connectivity index (χ0) is 16.1. The second-order valence-electron chi connectivity index (χ2n) is 4.19. The normalized spacial score (nSPS) is 10.5. The SMILES string of the molecule is CCOC(=O)c1nc(OC(=O)c2ncoc2CC)oc1CC. The van der Waals surface area contributed by atoms with Gasteiger partial charge in [-0.05, 0) is 6.92 Å². The molecular formula is C14H16N2O6. The molecule has 0 radical (unpaired) electrons. The van der Waals surface area contributed by atoms with Gasteiger partial charge in [0.05, 0.1) is 6.61 Å². The van der Waals surface area contributed by atoms with Gasteiger partial charge in [-0.3, -0.25) is 0 Å². The van der Waals surface area contributed by atoms with E-state index in [-0.39, 0.29) is 29.8 Å². The molecule has 2 heterocycles. The first-order valence-electron chi connectivity index (χ1n) is 6.91. The molecule has 2 aromatic rings. The maximum Gasteiger partial charge on any atom is 0.402 e. The van der Waals surface area contributed by atoms with Crippen molar-refractivity contribution in [1.29, 1.82) is 0 Å². The molecular weight excluding hydrogens is 292 g/mol. The Bertz CT molecular complexity index is 673. The second kappa shape index (κ2) is 6.88. The summed E-state index contributed by atoms with van der Waals surface area (Å²) in [5.74, 6) is -0.694. The smallest absolute Gasteiger partial charge is 0.402 e. The number of rotatable bonds is 6. The van der Waals surface area contributed by atoms with Crippen molar-refractivity contribution in [1.82, 2.24) is 9.97 Å². The van der Waals surface area contributed by atoms with E-state index in [1.807, 2.05) is 6.92 Å². The van der Waals surface area contributed by atoms with Gasteiger partial charge in [-0.25, -0.2) is 14.6 Å². The summed E-state index contributed by atoms with van der Waals surface area (Å²) in [6.45, 7) is 5.49. The fourth-order valence-corrected chi connectivity index (χ4v) is 1.79. The summed E-state index contributed by atoms with van der Waals surface area (Å²) in [6, 6.07) is 0. The van der Waals surface area contributed by atoms with Gasteiger partial charge in [0.2, 0.25) is 0 Å². The summed E-state index contributed by atoms with van der Waals surface area (Å²) in [4.78, 5) is 31.4. The first-order valence-corrected chi connectivity index (χ1v) is 6.91. The van der Waals surface area contributed by atoms with Gasteiger partial charge < -0.3 is 18.3 Å². The molecule has 0 fully saturated rings. The minimum Gasteiger partial charge on any atom is -0.461 e. The molecule has 0 amide bonds. The molecule has 0 bridgehead atoms. The van der Waals surface area contributed by atoms with Crippen LogP contribution in [0.4, 0.5) is 0 Å². The Morgan fingerprint density at radius 1 is 1.09 bits per heavy atom. The summed E-state index contributed by atoms with van der Waals surface area (Å²) >= 11 is 0. The number of aryl methyl sites for hydroxylation is 2. The van der Waals surface area contributed by atoms with Crippen LogP contribution in [-0.2, 0) is 17.6 Å². The summed E-state index contributed by atoms with van der Waals surface area (Å²) in [5, 5.41) is 0. The van der Waals surface area contributed by atoms with E-state index in [4.69, 9.17) is 18.3 Å². The quantitative estimate of drug-likeness (QED) is 0.748. The van der Waals surface area contributed by atoms with E-state index in [1.54, 1.807) is 13.8 Å². The minimum absolute atomic E-state index is 0.00279. The molecule has 0 unspecified atom stereocenters. The zero-order valence-electron chi connectivity index (χ0n) is 12.5. The van der Waals surface area contributed by atoms with E-state index >= 15 is 0 Å². The van der Waals surface area contributed by atoms with E-state index in [2.05, 4.69) is 9.97 Å². The summed E-state index contributed by atoms with van der Waals surface area (Å²) < 4.78 is 20.2. The van der Waals surface area contributed by atoms with Crippen molar-refractivity contribution in [3.63, 3.8) is 0 Å². The van der Waals surface area contributed by atoms with Crippen LogP contribution in [-0.4, -0.2) is 28.5 Å². The Hall–Kier alpha value is -2.64. The topological polar surface area (TPSA) is 105 Å². The average Bonchev–Trinajstić information content (AvgIpc) is 3.13. The van der Waals surface area contributed by atoms with Crippen molar-refractivity contribution in [2.24, 2.45) is 0 Å². The second-order valence-corrected chi connectivity index (χ2v) is 4.19. The van der Waals surface area contributed by atoms with Gasteiger partial charge in [-0.15, -0.1) is 0 Å². The third kappa shape index (κ3) is 3.16. The standard InChI is InChI=1S/C14H16N2O6/c1-4-8-10(15-7-20-8)13(18)22-14-16-11(9(5-2)21-14)12(17)19-6-3/h7H,4-6H2,1-3H3. The maximum absolute atomic E-state index is 12.0.